The van der Waals surface area contributed by atoms with E-state index < -0.39 is 0 Å². The largest absolute Gasteiger partial charge is 0.392 e. The number of piperidine rings is 1. The molecular weight excluding hydrogens is 354 g/mol. The van der Waals surface area contributed by atoms with Gasteiger partial charge in [0.1, 0.15) is 5.76 Å². The van der Waals surface area contributed by atoms with Crippen LogP contribution in [0.3, 0.4) is 0 Å². The van der Waals surface area contributed by atoms with Gasteiger partial charge in [-0.25, -0.2) is 0 Å². The number of aliphatic hydroxyl groups is 1. The predicted octanol–water partition coefficient (Wildman–Crippen LogP) is 3.02. The molecule has 4 heterocycles. The fraction of sp³-hybridized carbons (Fsp3) is 0.429. The number of aromatic nitrogens is 4. The van der Waals surface area contributed by atoms with Crippen molar-refractivity contribution in [1.29, 1.82) is 0 Å². The van der Waals surface area contributed by atoms with Gasteiger partial charge in [-0.15, -0.1) is 0 Å². The summed E-state index contributed by atoms with van der Waals surface area (Å²) in [5, 5.41) is 13.8. The SMILES string of the molecule is Cc1noc(C)c1-c1nc([C@@H]2CCCN(Cc3cnccn3)C2)ccc1CO. The van der Waals surface area contributed by atoms with Crippen molar-refractivity contribution < 1.29 is 9.63 Å². The molecule has 0 aliphatic carbocycles. The molecule has 0 saturated carbocycles. The molecule has 0 bridgehead atoms. The van der Waals surface area contributed by atoms with Crippen LogP contribution < -0.4 is 0 Å². The highest BCUT2D eigenvalue weighted by Gasteiger charge is 2.25. The molecule has 3 aromatic heterocycles. The van der Waals surface area contributed by atoms with Gasteiger partial charge in [-0.3, -0.25) is 19.9 Å². The average molecular weight is 379 g/mol. The van der Waals surface area contributed by atoms with E-state index in [0.717, 1.165) is 72.1 Å². The monoisotopic (exact) mass is 379 g/mol. The summed E-state index contributed by atoms with van der Waals surface area (Å²) in [5.41, 5.74) is 5.30. The smallest absolute Gasteiger partial charge is 0.143 e. The van der Waals surface area contributed by atoms with Crippen LogP contribution in [0.25, 0.3) is 11.3 Å². The number of hydrogen-bond acceptors (Lipinski definition) is 7. The summed E-state index contributed by atoms with van der Waals surface area (Å²) < 4.78 is 5.33. The second-order valence-electron chi connectivity index (χ2n) is 7.37. The van der Waals surface area contributed by atoms with E-state index in [0.29, 0.717) is 5.92 Å². The van der Waals surface area contributed by atoms with Crippen LogP contribution in [0.4, 0.5) is 0 Å². The number of aryl methyl sites for hydroxylation is 2. The molecule has 1 fully saturated rings. The lowest BCUT2D eigenvalue weighted by Crippen LogP contribution is -2.34. The Morgan fingerprint density at radius 1 is 1.25 bits per heavy atom. The minimum absolute atomic E-state index is 0.0594. The van der Waals surface area contributed by atoms with Crippen LogP contribution >= 0.6 is 0 Å². The highest BCUT2D eigenvalue weighted by molar-refractivity contribution is 5.67. The predicted molar refractivity (Wildman–Crippen MR) is 104 cm³/mol. The Hall–Kier alpha value is -2.64. The van der Waals surface area contributed by atoms with Crippen LogP contribution in [0.1, 0.15) is 47.2 Å². The van der Waals surface area contributed by atoms with Crippen LogP contribution in [0.5, 0.6) is 0 Å². The van der Waals surface area contributed by atoms with E-state index in [2.05, 4.69) is 20.0 Å². The number of nitrogens with zero attached hydrogens (tertiary/aromatic N) is 5. The third-order valence-corrected chi connectivity index (χ3v) is 5.37. The van der Waals surface area contributed by atoms with Crippen LogP contribution in [-0.4, -0.2) is 43.2 Å². The van der Waals surface area contributed by atoms with Crippen LogP contribution in [0.2, 0.25) is 0 Å². The van der Waals surface area contributed by atoms with E-state index >= 15 is 0 Å². The fourth-order valence-electron chi connectivity index (χ4n) is 3.98. The quantitative estimate of drug-likeness (QED) is 0.729. The first-order chi connectivity index (χ1) is 13.7. The second kappa shape index (κ2) is 8.16. The summed E-state index contributed by atoms with van der Waals surface area (Å²) in [7, 11) is 0. The van der Waals surface area contributed by atoms with Crippen molar-refractivity contribution in [2.75, 3.05) is 13.1 Å². The van der Waals surface area contributed by atoms with Gasteiger partial charge < -0.3 is 9.63 Å². The maximum absolute atomic E-state index is 9.79. The van der Waals surface area contributed by atoms with E-state index in [9.17, 15) is 5.11 Å². The molecule has 3 aromatic rings. The summed E-state index contributed by atoms with van der Waals surface area (Å²) in [5.74, 6) is 1.07. The van der Waals surface area contributed by atoms with E-state index in [1.165, 1.54) is 0 Å². The molecule has 4 rings (SSSR count). The van der Waals surface area contributed by atoms with Gasteiger partial charge in [-0.05, 0) is 39.3 Å². The van der Waals surface area contributed by atoms with Crippen LogP contribution in [0, 0.1) is 13.8 Å². The lowest BCUT2D eigenvalue weighted by molar-refractivity contribution is 0.196. The zero-order chi connectivity index (χ0) is 19.5. The molecule has 0 spiro atoms. The lowest BCUT2D eigenvalue weighted by atomic mass is 9.93. The molecule has 7 nitrogen and oxygen atoms in total. The Kier molecular flexibility index (Phi) is 5.45. The van der Waals surface area contributed by atoms with Gasteiger partial charge in [0.2, 0.25) is 0 Å². The Bertz CT molecular complexity index is 922. The molecule has 1 aliphatic rings. The molecule has 1 aliphatic heterocycles. The standard InChI is InChI=1S/C21H25N5O2/c1-14-20(15(2)28-25-14)21-17(13-27)5-6-19(24-21)16-4-3-9-26(11-16)12-18-10-22-7-8-23-18/h5-8,10,16,27H,3-4,9,11-13H2,1-2H3/t16-/m1/s1. The summed E-state index contributed by atoms with van der Waals surface area (Å²) in [4.78, 5) is 15.9. The molecule has 0 radical (unpaired) electrons. The second-order valence-corrected chi connectivity index (χ2v) is 7.37. The summed E-state index contributed by atoms with van der Waals surface area (Å²) in [6.45, 7) is 6.52. The minimum atomic E-state index is -0.0594. The zero-order valence-corrected chi connectivity index (χ0v) is 16.3. The molecule has 1 saturated heterocycles. The lowest BCUT2D eigenvalue weighted by Gasteiger charge is -2.32. The Labute approximate surface area is 164 Å². The highest BCUT2D eigenvalue weighted by Crippen LogP contribution is 2.32. The van der Waals surface area contributed by atoms with Crippen molar-refractivity contribution >= 4 is 0 Å². The van der Waals surface area contributed by atoms with Crippen molar-refractivity contribution in [3.05, 3.63) is 59.1 Å². The molecule has 0 amide bonds. The first-order valence-corrected chi connectivity index (χ1v) is 9.67. The van der Waals surface area contributed by atoms with Gasteiger partial charge in [-0.2, -0.15) is 0 Å². The van der Waals surface area contributed by atoms with Crippen molar-refractivity contribution in [1.82, 2.24) is 25.0 Å². The number of likely N-dealkylation sites (tertiary alicyclic amines) is 1. The maximum atomic E-state index is 9.79. The maximum Gasteiger partial charge on any atom is 0.143 e. The van der Waals surface area contributed by atoms with Gasteiger partial charge in [0.05, 0.1) is 29.3 Å². The van der Waals surface area contributed by atoms with Crippen LogP contribution in [-0.2, 0) is 13.2 Å². The first-order valence-electron chi connectivity index (χ1n) is 9.67. The van der Waals surface area contributed by atoms with Crippen LogP contribution in [0.15, 0.2) is 35.2 Å². The molecule has 0 unspecified atom stereocenters. The summed E-state index contributed by atoms with van der Waals surface area (Å²) in [6.07, 6.45) is 7.49. The summed E-state index contributed by atoms with van der Waals surface area (Å²) in [6, 6.07) is 4.02. The Balaban J connectivity index is 1.59. The highest BCUT2D eigenvalue weighted by atomic mass is 16.5. The fourth-order valence-corrected chi connectivity index (χ4v) is 3.98. The van der Waals surface area contributed by atoms with Gasteiger partial charge in [0.15, 0.2) is 0 Å². The van der Waals surface area contributed by atoms with Crippen molar-refractivity contribution in [2.45, 2.75) is 45.8 Å². The number of hydrogen-bond donors (Lipinski definition) is 1. The van der Waals surface area contributed by atoms with Gasteiger partial charge in [-0.1, -0.05) is 11.2 Å². The van der Waals surface area contributed by atoms with Crippen molar-refractivity contribution in [2.24, 2.45) is 0 Å². The normalized spacial score (nSPS) is 17.8. The van der Waals surface area contributed by atoms with Crippen molar-refractivity contribution in [3.63, 3.8) is 0 Å². The minimum Gasteiger partial charge on any atom is -0.392 e. The van der Waals surface area contributed by atoms with E-state index in [4.69, 9.17) is 9.51 Å². The van der Waals surface area contributed by atoms with Gasteiger partial charge in [0, 0.05) is 48.9 Å². The topological polar surface area (TPSA) is 88.2 Å². The van der Waals surface area contributed by atoms with E-state index in [-0.39, 0.29) is 6.61 Å². The Morgan fingerprint density at radius 2 is 2.14 bits per heavy atom. The molecule has 1 atom stereocenters. The molecule has 0 aromatic carbocycles. The molecule has 146 valence electrons. The van der Waals surface area contributed by atoms with E-state index in [1.54, 1.807) is 12.4 Å². The first kappa shape index (κ1) is 18.7. The summed E-state index contributed by atoms with van der Waals surface area (Å²) >= 11 is 0. The molecule has 28 heavy (non-hydrogen) atoms. The van der Waals surface area contributed by atoms with Gasteiger partial charge in [0.25, 0.3) is 0 Å². The third-order valence-electron chi connectivity index (χ3n) is 5.37. The number of aliphatic hydroxyl groups excluding tert-OH is 1. The van der Waals surface area contributed by atoms with E-state index in [1.807, 2.05) is 32.2 Å². The molecular formula is C21H25N5O2. The average Bonchev–Trinajstić information content (AvgIpc) is 3.06. The van der Waals surface area contributed by atoms with Gasteiger partial charge >= 0.3 is 0 Å². The Morgan fingerprint density at radius 3 is 2.86 bits per heavy atom. The van der Waals surface area contributed by atoms with Crippen molar-refractivity contribution in [3.8, 4) is 11.3 Å². The number of pyridine rings is 1. The molecule has 1 N–H and O–H groups in total. The number of rotatable bonds is 5. The third kappa shape index (κ3) is 3.81. The molecule has 7 heteroatoms. The zero-order valence-electron chi connectivity index (χ0n) is 16.3.